The van der Waals surface area contributed by atoms with Gasteiger partial charge in [0.15, 0.2) is 17.8 Å². The highest BCUT2D eigenvalue weighted by Gasteiger charge is 2.31. The van der Waals surface area contributed by atoms with Crippen molar-refractivity contribution in [3.8, 4) is 0 Å². The number of furan rings is 1. The molecule has 5 nitrogen and oxygen atoms in total. The first kappa shape index (κ1) is 17.5. The zero-order valence-corrected chi connectivity index (χ0v) is 14.9. The van der Waals surface area contributed by atoms with E-state index in [1.165, 1.54) is 45.2 Å². The maximum atomic E-state index is 12.4. The van der Waals surface area contributed by atoms with Gasteiger partial charge in [0, 0.05) is 6.04 Å². The third kappa shape index (κ3) is 4.61. The molecule has 4 N–H and O–H groups in total. The second kappa shape index (κ2) is 8.67. The smallest absolute Gasteiger partial charge is 0.278 e. The van der Waals surface area contributed by atoms with Gasteiger partial charge in [0.25, 0.3) is 5.91 Å². The summed E-state index contributed by atoms with van der Waals surface area (Å²) in [6, 6.07) is 4.78. The first-order valence-electron chi connectivity index (χ1n) is 9.75. The molecule has 2 heterocycles. The maximum Gasteiger partial charge on any atom is 0.278 e. The van der Waals surface area contributed by atoms with E-state index in [2.05, 4.69) is 16.7 Å². The zero-order valence-electron chi connectivity index (χ0n) is 14.9. The molecule has 134 valence electrons. The summed E-state index contributed by atoms with van der Waals surface area (Å²) in [4.78, 5) is 14.0. The van der Waals surface area contributed by atoms with Crippen LogP contribution in [0.3, 0.4) is 0 Å². The van der Waals surface area contributed by atoms with E-state index in [-0.39, 0.29) is 11.9 Å². The van der Waals surface area contributed by atoms with Crippen molar-refractivity contribution in [3.05, 3.63) is 24.2 Å². The fraction of sp³-hybridized carbons (Fsp3) is 0.737. The van der Waals surface area contributed by atoms with Crippen molar-refractivity contribution in [1.82, 2.24) is 5.32 Å². The molecule has 3 rings (SSSR count). The first-order valence-corrected chi connectivity index (χ1v) is 9.75. The third-order valence-corrected chi connectivity index (χ3v) is 5.72. The highest BCUT2D eigenvalue weighted by molar-refractivity contribution is 5.80. The van der Waals surface area contributed by atoms with E-state index in [0.717, 1.165) is 25.1 Å². The van der Waals surface area contributed by atoms with Crippen LogP contribution in [-0.4, -0.2) is 37.6 Å². The predicted octanol–water partition coefficient (Wildman–Crippen LogP) is 0.400. The van der Waals surface area contributed by atoms with Crippen LogP contribution in [0.1, 0.15) is 63.7 Å². The Kier molecular flexibility index (Phi) is 6.32. The van der Waals surface area contributed by atoms with Gasteiger partial charge in [-0.3, -0.25) is 4.79 Å². The molecule has 1 aliphatic heterocycles. The van der Waals surface area contributed by atoms with Crippen LogP contribution in [0.15, 0.2) is 22.8 Å². The zero-order chi connectivity index (χ0) is 16.8. The molecular formula is C19H33N3O2+2. The monoisotopic (exact) mass is 335 g/mol. The average molecular weight is 335 g/mol. The Morgan fingerprint density at radius 2 is 2.04 bits per heavy atom. The molecular weight excluding hydrogens is 302 g/mol. The number of likely N-dealkylation sites (tertiary alicyclic amines) is 1. The number of carbonyl (C=O) groups is 1. The molecule has 0 aromatic carbocycles. The number of amides is 1. The van der Waals surface area contributed by atoms with Crippen molar-refractivity contribution in [2.24, 2.45) is 0 Å². The van der Waals surface area contributed by atoms with Crippen LogP contribution in [0, 0.1) is 0 Å². The number of hydrogen-bond donors (Lipinski definition) is 3. The lowest BCUT2D eigenvalue weighted by Crippen LogP contribution is -3.16. The Labute approximate surface area is 145 Å². The standard InChI is InChI=1S/C19H31N3O2/c1-15(19(23)21-16-8-3-4-9-16)20-14-17(18-10-7-13-24-18)22-11-5-2-6-12-22/h7,10,13,15-17,20H,2-6,8-9,11-12,14H2,1H3,(H,21,23)/p+2/t15-,17+/m0/s1. The van der Waals surface area contributed by atoms with E-state index >= 15 is 0 Å². The summed E-state index contributed by atoms with van der Waals surface area (Å²) in [5.74, 6) is 1.25. The second-order valence-corrected chi connectivity index (χ2v) is 7.54. The van der Waals surface area contributed by atoms with Gasteiger partial charge in [-0.1, -0.05) is 12.8 Å². The number of carbonyl (C=O) groups excluding carboxylic acids is 1. The molecule has 0 spiro atoms. The molecule has 1 amide bonds. The van der Waals surface area contributed by atoms with Gasteiger partial charge in [-0.05, 0) is 51.2 Å². The topological polar surface area (TPSA) is 63.3 Å². The van der Waals surface area contributed by atoms with E-state index in [0.29, 0.717) is 12.1 Å². The molecule has 1 aromatic rings. The van der Waals surface area contributed by atoms with Crippen molar-refractivity contribution in [2.45, 2.75) is 70.0 Å². The molecule has 0 bridgehead atoms. The highest BCUT2D eigenvalue weighted by atomic mass is 16.3. The van der Waals surface area contributed by atoms with E-state index < -0.39 is 0 Å². The van der Waals surface area contributed by atoms with Crippen LogP contribution in [0.2, 0.25) is 0 Å². The van der Waals surface area contributed by atoms with Crippen LogP contribution in [0.4, 0.5) is 0 Å². The van der Waals surface area contributed by atoms with Crippen molar-refractivity contribution >= 4 is 5.91 Å². The van der Waals surface area contributed by atoms with Crippen molar-refractivity contribution < 1.29 is 19.4 Å². The Morgan fingerprint density at radius 3 is 2.71 bits per heavy atom. The maximum absolute atomic E-state index is 12.4. The van der Waals surface area contributed by atoms with Gasteiger partial charge in [-0.15, -0.1) is 0 Å². The minimum atomic E-state index is -0.0350. The average Bonchev–Trinajstić information content (AvgIpc) is 3.30. The van der Waals surface area contributed by atoms with Crippen molar-refractivity contribution in [3.63, 3.8) is 0 Å². The summed E-state index contributed by atoms with van der Waals surface area (Å²) >= 11 is 0. The lowest BCUT2D eigenvalue weighted by atomic mass is 10.1. The quantitative estimate of drug-likeness (QED) is 0.675. The van der Waals surface area contributed by atoms with Crippen LogP contribution < -0.4 is 15.5 Å². The Balaban J connectivity index is 1.53. The molecule has 0 unspecified atom stereocenters. The minimum absolute atomic E-state index is 0.0350. The number of nitrogens with one attached hydrogen (secondary N) is 2. The van der Waals surface area contributed by atoms with E-state index in [9.17, 15) is 4.79 Å². The summed E-state index contributed by atoms with van der Waals surface area (Å²) < 4.78 is 5.71. The number of quaternary nitrogens is 2. The first-order chi connectivity index (χ1) is 11.7. The summed E-state index contributed by atoms with van der Waals surface area (Å²) in [5, 5.41) is 5.41. The summed E-state index contributed by atoms with van der Waals surface area (Å²) in [5.41, 5.74) is 0. The van der Waals surface area contributed by atoms with Gasteiger partial charge in [0.2, 0.25) is 0 Å². The third-order valence-electron chi connectivity index (χ3n) is 5.72. The number of nitrogens with two attached hydrogens (primary N) is 1. The van der Waals surface area contributed by atoms with E-state index in [4.69, 9.17) is 4.42 Å². The molecule has 1 aromatic heterocycles. The van der Waals surface area contributed by atoms with Gasteiger partial charge in [-0.25, -0.2) is 0 Å². The Hall–Kier alpha value is -1.33. The lowest BCUT2D eigenvalue weighted by molar-refractivity contribution is -0.951. The van der Waals surface area contributed by atoms with Crippen molar-refractivity contribution in [2.75, 3.05) is 19.6 Å². The Bertz CT molecular complexity index is 491. The highest BCUT2D eigenvalue weighted by Crippen LogP contribution is 2.17. The summed E-state index contributed by atoms with van der Waals surface area (Å²) in [7, 11) is 0. The Morgan fingerprint density at radius 1 is 1.29 bits per heavy atom. The largest absolute Gasteiger partial charge is 0.463 e. The van der Waals surface area contributed by atoms with E-state index in [1.54, 1.807) is 11.2 Å². The fourth-order valence-electron chi connectivity index (χ4n) is 4.18. The number of rotatable bonds is 7. The lowest BCUT2D eigenvalue weighted by Gasteiger charge is -2.30. The molecule has 2 fully saturated rings. The molecule has 1 saturated carbocycles. The van der Waals surface area contributed by atoms with Crippen LogP contribution in [0.5, 0.6) is 0 Å². The molecule has 5 heteroatoms. The van der Waals surface area contributed by atoms with Gasteiger partial charge < -0.3 is 20.0 Å². The van der Waals surface area contributed by atoms with Crippen LogP contribution in [-0.2, 0) is 4.79 Å². The van der Waals surface area contributed by atoms with Gasteiger partial charge >= 0.3 is 0 Å². The molecule has 1 aliphatic carbocycles. The van der Waals surface area contributed by atoms with E-state index in [1.807, 2.05) is 13.0 Å². The van der Waals surface area contributed by atoms with Gasteiger partial charge in [0.1, 0.15) is 6.54 Å². The summed E-state index contributed by atoms with van der Waals surface area (Å²) in [6.07, 6.45) is 10.5. The molecule has 2 atom stereocenters. The predicted molar refractivity (Wildman–Crippen MR) is 92.6 cm³/mol. The number of hydrogen-bond acceptors (Lipinski definition) is 2. The second-order valence-electron chi connectivity index (χ2n) is 7.54. The van der Waals surface area contributed by atoms with Crippen molar-refractivity contribution in [1.29, 1.82) is 0 Å². The summed E-state index contributed by atoms with van der Waals surface area (Å²) in [6.45, 7) is 5.35. The SMILES string of the molecule is C[C@H]([NH2+]C[C@H](c1ccco1)[NH+]1CCCCC1)C(=O)NC1CCCC1. The van der Waals surface area contributed by atoms with Crippen LogP contribution in [0.25, 0.3) is 0 Å². The molecule has 1 saturated heterocycles. The number of piperidine rings is 1. The molecule has 2 aliphatic rings. The normalized spacial score (nSPS) is 22.4. The molecule has 24 heavy (non-hydrogen) atoms. The minimum Gasteiger partial charge on any atom is -0.463 e. The fourth-order valence-corrected chi connectivity index (χ4v) is 4.18. The molecule has 0 radical (unpaired) electrons. The van der Waals surface area contributed by atoms with Crippen LogP contribution >= 0.6 is 0 Å². The van der Waals surface area contributed by atoms with Gasteiger partial charge in [0.05, 0.1) is 19.4 Å². The van der Waals surface area contributed by atoms with Gasteiger partial charge in [-0.2, -0.15) is 0 Å².